The Morgan fingerprint density at radius 2 is 1.46 bits per heavy atom. The molecule has 0 saturated carbocycles. The predicted molar refractivity (Wildman–Crippen MR) is 133 cm³/mol. The van der Waals surface area contributed by atoms with Gasteiger partial charge in [-0.1, -0.05) is 66.7 Å². The fourth-order valence-electron chi connectivity index (χ4n) is 4.13. The molecule has 4 aromatic rings. The normalized spacial score (nSPS) is 11.7. The van der Waals surface area contributed by atoms with E-state index in [9.17, 15) is 9.59 Å². The second kappa shape index (κ2) is 9.73. The van der Waals surface area contributed by atoms with Crippen LogP contribution in [0.5, 0.6) is 11.5 Å². The summed E-state index contributed by atoms with van der Waals surface area (Å²) in [6, 6.07) is 30.0. The first kappa shape index (κ1) is 22.2. The van der Waals surface area contributed by atoms with E-state index in [4.69, 9.17) is 14.2 Å². The quantitative estimate of drug-likeness (QED) is 0.341. The number of nitrogens with zero attached hydrogens (tertiary/aromatic N) is 1. The molecule has 0 N–H and O–H groups in total. The zero-order valence-electron chi connectivity index (χ0n) is 19.1. The molecule has 0 aromatic heterocycles. The average Bonchev–Trinajstić information content (AvgIpc) is 3.41. The van der Waals surface area contributed by atoms with Crippen molar-refractivity contribution >= 4 is 17.6 Å². The van der Waals surface area contributed by atoms with Gasteiger partial charge in [0.05, 0.1) is 24.8 Å². The summed E-state index contributed by atoms with van der Waals surface area (Å²) in [5.74, 6) is 0.373. The van der Waals surface area contributed by atoms with Crippen molar-refractivity contribution in [3.05, 3.63) is 114 Å². The molecule has 174 valence electrons. The molecule has 0 fully saturated rings. The first-order valence-electron chi connectivity index (χ1n) is 11.2. The maximum atomic E-state index is 13.9. The largest absolute Gasteiger partial charge is 0.465 e. The van der Waals surface area contributed by atoms with Gasteiger partial charge < -0.3 is 19.1 Å². The second-order valence-corrected chi connectivity index (χ2v) is 7.99. The molecule has 4 aromatic carbocycles. The SMILES string of the molecule is COC(=O)c1ccccc1C(=O)N(Cc1cccc2c1OCO2)c1ccc(-c2ccccc2)cc1. The first-order chi connectivity index (χ1) is 17.2. The molecule has 1 aliphatic heterocycles. The molecule has 0 aliphatic carbocycles. The third-order valence-electron chi connectivity index (χ3n) is 5.90. The average molecular weight is 466 g/mol. The van der Waals surface area contributed by atoms with Gasteiger partial charge in [0.2, 0.25) is 6.79 Å². The fraction of sp³-hybridized carbons (Fsp3) is 0.103. The number of hydrogen-bond donors (Lipinski definition) is 0. The van der Waals surface area contributed by atoms with Gasteiger partial charge in [-0.25, -0.2) is 4.79 Å². The number of hydrogen-bond acceptors (Lipinski definition) is 5. The van der Waals surface area contributed by atoms with Crippen LogP contribution in [0, 0.1) is 0 Å². The van der Waals surface area contributed by atoms with Crippen LogP contribution < -0.4 is 14.4 Å². The number of methoxy groups -OCH3 is 1. The van der Waals surface area contributed by atoms with Crippen molar-refractivity contribution in [3.8, 4) is 22.6 Å². The number of amides is 1. The molecule has 1 amide bonds. The van der Waals surface area contributed by atoms with E-state index in [-0.39, 0.29) is 30.4 Å². The van der Waals surface area contributed by atoms with Crippen molar-refractivity contribution in [3.63, 3.8) is 0 Å². The third-order valence-corrected chi connectivity index (χ3v) is 5.90. The molecule has 5 rings (SSSR count). The van der Waals surface area contributed by atoms with E-state index in [1.807, 2.05) is 72.8 Å². The number of carbonyl (C=O) groups is 2. The fourth-order valence-corrected chi connectivity index (χ4v) is 4.13. The Bertz CT molecular complexity index is 1370. The molecule has 0 saturated heterocycles. The molecule has 1 heterocycles. The Labute approximate surface area is 203 Å². The second-order valence-electron chi connectivity index (χ2n) is 7.99. The summed E-state index contributed by atoms with van der Waals surface area (Å²) < 4.78 is 16.1. The summed E-state index contributed by atoms with van der Waals surface area (Å²) >= 11 is 0. The molecule has 35 heavy (non-hydrogen) atoms. The molecule has 0 radical (unpaired) electrons. The zero-order valence-corrected chi connectivity index (χ0v) is 19.1. The summed E-state index contributed by atoms with van der Waals surface area (Å²) in [6.07, 6.45) is 0. The first-order valence-corrected chi connectivity index (χ1v) is 11.2. The monoisotopic (exact) mass is 465 g/mol. The van der Waals surface area contributed by atoms with Gasteiger partial charge in [-0.05, 0) is 41.5 Å². The van der Waals surface area contributed by atoms with Gasteiger partial charge in [0.15, 0.2) is 11.5 Å². The van der Waals surface area contributed by atoms with Crippen molar-refractivity contribution < 1.29 is 23.8 Å². The van der Waals surface area contributed by atoms with E-state index in [1.54, 1.807) is 29.2 Å². The highest BCUT2D eigenvalue weighted by molar-refractivity contribution is 6.12. The Balaban J connectivity index is 1.56. The minimum atomic E-state index is -0.564. The molecule has 6 nitrogen and oxygen atoms in total. The Hall–Kier alpha value is -4.58. The van der Waals surface area contributed by atoms with Crippen molar-refractivity contribution in [2.75, 3.05) is 18.8 Å². The van der Waals surface area contributed by atoms with Crippen LogP contribution in [0.2, 0.25) is 0 Å². The zero-order chi connectivity index (χ0) is 24.2. The number of benzene rings is 4. The summed E-state index contributed by atoms with van der Waals surface area (Å²) in [6.45, 7) is 0.364. The lowest BCUT2D eigenvalue weighted by Gasteiger charge is -2.25. The van der Waals surface area contributed by atoms with Crippen LogP contribution in [0.15, 0.2) is 97.1 Å². The van der Waals surface area contributed by atoms with Gasteiger partial charge in [0, 0.05) is 11.3 Å². The van der Waals surface area contributed by atoms with Gasteiger partial charge in [0.1, 0.15) is 0 Å². The summed E-state index contributed by atoms with van der Waals surface area (Å²) in [5.41, 5.74) is 4.08. The molecule has 1 aliphatic rings. The van der Waals surface area contributed by atoms with E-state index < -0.39 is 5.97 Å². The van der Waals surface area contributed by atoms with Crippen molar-refractivity contribution in [2.24, 2.45) is 0 Å². The highest BCUT2D eigenvalue weighted by Gasteiger charge is 2.26. The van der Waals surface area contributed by atoms with Crippen LogP contribution in [0.1, 0.15) is 26.3 Å². The van der Waals surface area contributed by atoms with Crippen molar-refractivity contribution in [1.82, 2.24) is 0 Å². The van der Waals surface area contributed by atoms with Crippen molar-refractivity contribution in [2.45, 2.75) is 6.54 Å². The van der Waals surface area contributed by atoms with Crippen LogP contribution in [-0.4, -0.2) is 25.8 Å². The van der Waals surface area contributed by atoms with Crippen LogP contribution >= 0.6 is 0 Å². The summed E-state index contributed by atoms with van der Waals surface area (Å²) in [5, 5.41) is 0. The van der Waals surface area contributed by atoms with Gasteiger partial charge in [-0.3, -0.25) is 4.79 Å². The van der Waals surface area contributed by atoms with E-state index in [1.165, 1.54) is 7.11 Å². The number of fused-ring (bicyclic) bond motifs is 1. The molecule has 0 spiro atoms. The highest BCUT2D eigenvalue weighted by atomic mass is 16.7. The van der Waals surface area contributed by atoms with Crippen molar-refractivity contribution in [1.29, 1.82) is 0 Å². The Morgan fingerprint density at radius 1 is 0.771 bits per heavy atom. The smallest absolute Gasteiger partial charge is 0.338 e. The standard InChI is InChI=1S/C29H23NO5/c1-33-29(32)25-12-6-5-11-24(25)28(31)30(18-22-10-7-13-26-27(22)35-19-34-26)23-16-14-21(15-17-23)20-8-3-2-4-9-20/h2-17H,18-19H2,1H3. The minimum absolute atomic E-state index is 0.136. The lowest BCUT2D eigenvalue weighted by molar-refractivity contribution is 0.0597. The van der Waals surface area contributed by atoms with Crippen LogP contribution in [0.4, 0.5) is 5.69 Å². The summed E-state index contributed by atoms with van der Waals surface area (Å²) in [4.78, 5) is 27.9. The van der Waals surface area contributed by atoms with Gasteiger partial charge in [-0.2, -0.15) is 0 Å². The number of rotatable bonds is 6. The third kappa shape index (κ3) is 4.46. The minimum Gasteiger partial charge on any atom is -0.465 e. The van der Waals surface area contributed by atoms with Crippen LogP contribution in [0.25, 0.3) is 11.1 Å². The lowest BCUT2D eigenvalue weighted by Crippen LogP contribution is -2.32. The molecular formula is C29H23NO5. The highest BCUT2D eigenvalue weighted by Crippen LogP contribution is 2.37. The van der Waals surface area contributed by atoms with E-state index in [0.29, 0.717) is 17.2 Å². The number of anilines is 1. The molecule has 0 unspecified atom stereocenters. The van der Waals surface area contributed by atoms with Gasteiger partial charge in [-0.15, -0.1) is 0 Å². The topological polar surface area (TPSA) is 65.1 Å². The van der Waals surface area contributed by atoms with E-state index in [0.717, 1.165) is 16.7 Å². The summed E-state index contributed by atoms with van der Waals surface area (Å²) in [7, 11) is 1.30. The van der Waals surface area contributed by atoms with Gasteiger partial charge in [0.25, 0.3) is 5.91 Å². The van der Waals surface area contributed by atoms with Gasteiger partial charge >= 0.3 is 5.97 Å². The number of para-hydroxylation sites is 1. The van der Waals surface area contributed by atoms with Crippen LogP contribution in [0.3, 0.4) is 0 Å². The van der Waals surface area contributed by atoms with Crippen LogP contribution in [-0.2, 0) is 11.3 Å². The molecule has 0 bridgehead atoms. The number of carbonyl (C=O) groups excluding carboxylic acids is 2. The Kier molecular flexibility index (Phi) is 6.18. The maximum absolute atomic E-state index is 13.9. The number of ether oxygens (including phenoxy) is 3. The van der Waals surface area contributed by atoms with E-state index >= 15 is 0 Å². The molecule has 6 heteroatoms. The molecular weight excluding hydrogens is 442 g/mol. The maximum Gasteiger partial charge on any atom is 0.338 e. The lowest BCUT2D eigenvalue weighted by atomic mass is 10.0. The van der Waals surface area contributed by atoms with E-state index in [2.05, 4.69) is 0 Å². The predicted octanol–water partition coefficient (Wildman–Crippen LogP) is 5.72. The number of esters is 1. The Morgan fingerprint density at radius 3 is 2.20 bits per heavy atom. The molecule has 0 atom stereocenters.